The molecule has 0 saturated heterocycles. The predicted molar refractivity (Wildman–Crippen MR) is 74.6 cm³/mol. The third kappa shape index (κ3) is 2.29. The number of rotatable bonds is 4. The fourth-order valence-corrected chi connectivity index (χ4v) is 3.03. The van der Waals surface area contributed by atoms with Crippen LogP contribution in [0.2, 0.25) is 0 Å². The van der Waals surface area contributed by atoms with Crippen molar-refractivity contribution in [2.45, 2.75) is 28.9 Å². The van der Waals surface area contributed by atoms with E-state index in [1.807, 2.05) is 0 Å². The van der Waals surface area contributed by atoms with Crippen molar-refractivity contribution >= 4 is 23.4 Å². The molecule has 7 nitrogen and oxygen atoms in total. The minimum Gasteiger partial charge on any atom is -0.399 e. The summed E-state index contributed by atoms with van der Waals surface area (Å²) < 4.78 is 1.61. The van der Waals surface area contributed by atoms with Crippen molar-refractivity contribution in [3.63, 3.8) is 0 Å². The molecule has 3 rings (SSSR count). The van der Waals surface area contributed by atoms with Gasteiger partial charge in [0, 0.05) is 16.6 Å². The van der Waals surface area contributed by atoms with E-state index in [4.69, 9.17) is 11.5 Å². The Balaban J connectivity index is 2.01. The lowest BCUT2D eigenvalue weighted by atomic mass is 10.2. The Bertz CT molecular complexity index is 732. The average molecular weight is 291 g/mol. The number of nitrogens with zero attached hydrogens (tertiary/aromatic N) is 2. The molecule has 1 aromatic heterocycles. The molecule has 0 radical (unpaired) electrons. The maximum absolute atomic E-state index is 11.7. The number of nitrogen functional groups attached to an aromatic ring is 1. The van der Waals surface area contributed by atoms with Gasteiger partial charge >= 0.3 is 5.69 Å². The van der Waals surface area contributed by atoms with Crippen LogP contribution in [0.1, 0.15) is 29.2 Å². The number of primary amides is 1. The van der Waals surface area contributed by atoms with Crippen LogP contribution in [-0.2, 0) is 0 Å². The van der Waals surface area contributed by atoms with Gasteiger partial charge in [-0.2, -0.15) is 0 Å². The molecule has 0 unspecified atom stereocenters. The summed E-state index contributed by atoms with van der Waals surface area (Å²) in [5.41, 5.74) is 11.7. The van der Waals surface area contributed by atoms with Gasteiger partial charge < -0.3 is 11.5 Å². The van der Waals surface area contributed by atoms with Crippen LogP contribution in [0.5, 0.6) is 0 Å². The molecule has 8 heteroatoms. The molecule has 1 aliphatic carbocycles. The third-order valence-electron chi connectivity index (χ3n) is 3.06. The minimum absolute atomic E-state index is 0.196. The number of hydrogen-bond donors (Lipinski definition) is 3. The SMILES string of the molecule is NC(=O)c1ccc(N)cc1Sc1n[nH]c(=O)n1C1CC1. The number of nitrogens with two attached hydrogens (primary N) is 2. The van der Waals surface area contributed by atoms with Gasteiger partial charge in [-0.25, -0.2) is 9.89 Å². The summed E-state index contributed by atoms with van der Waals surface area (Å²) in [5.74, 6) is -0.539. The first-order valence-electron chi connectivity index (χ1n) is 6.10. The maximum Gasteiger partial charge on any atom is 0.344 e. The highest BCUT2D eigenvalue weighted by Crippen LogP contribution is 2.38. The van der Waals surface area contributed by atoms with Crippen LogP contribution in [0.3, 0.4) is 0 Å². The maximum atomic E-state index is 11.7. The Morgan fingerprint density at radius 1 is 1.45 bits per heavy atom. The Hall–Kier alpha value is -2.22. The van der Waals surface area contributed by atoms with E-state index in [9.17, 15) is 9.59 Å². The highest BCUT2D eigenvalue weighted by Gasteiger charge is 2.29. The number of carbonyl (C=O) groups excluding carboxylic acids is 1. The summed E-state index contributed by atoms with van der Waals surface area (Å²) in [5, 5.41) is 6.95. The average Bonchev–Trinajstić information content (AvgIpc) is 3.15. The summed E-state index contributed by atoms with van der Waals surface area (Å²) in [4.78, 5) is 23.7. The monoisotopic (exact) mass is 291 g/mol. The van der Waals surface area contributed by atoms with Crippen LogP contribution >= 0.6 is 11.8 Å². The molecule has 0 spiro atoms. The first-order chi connectivity index (χ1) is 9.56. The number of nitrogens with one attached hydrogen (secondary N) is 1. The zero-order valence-corrected chi connectivity index (χ0v) is 11.3. The van der Waals surface area contributed by atoms with Gasteiger partial charge in [-0.05, 0) is 42.8 Å². The largest absolute Gasteiger partial charge is 0.399 e. The predicted octanol–water partition coefficient (Wildman–Crippen LogP) is 0.739. The number of aromatic amines is 1. The zero-order valence-electron chi connectivity index (χ0n) is 10.5. The summed E-state index contributed by atoms with van der Waals surface area (Å²) in [6.45, 7) is 0. The van der Waals surface area contributed by atoms with Crippen LogP contribution < -0.4 is 17.2 Å². The number of carbonyl (C=O) groups is 1. The summed E-state index contributed by atoms with van der Waals surface area (Å²) >= 11 is 1.21. The first-order valence-corrected chi connectivity index (χ1v) is 6.92. The molecule has 5 N–H and O–H groups in total. The molecule has 1 amide bonds. The number of benzene rings is 1. The fraction of sp³-hybridized carbons (Fsp3) is 0.250. The molecule has 0 atom stereocenters. The highest BCUT2D eigenvalue weighted by atomic mass is 32.2. The molecule has 1 saturated carbocycles. The summed E-state index contributed by atoms with van der Waals surface area (Å²) in [6.07, 6.45) is 1.93. The van der Waals surface area contributed by atoms with Crippen molar-refractivity contribution in [3.05, 3.63) is 34.2 Å². The highest BCUT2D eigenvalue weighted by molar-refractivity contribution is 7.99. The Kier molecular flexibility index (Phi) is 3.01. The quantitative estimate of drug-likeness (QED) is 0.717. The number of hydrogen-bond acceptors (Lipinski definition) is 5. The summed E-state index contributed by atoms with van der Waals surface area (Å²) in [7, 11) is 0. The Morgan fingerprint density at radius 2 is 2.20 bits per heavy atom. The number of H-pyrrole nitrogens is 1. The van der Waals surface area contributed by atoms with Gasteiger partial charge in [0.05, 0.1) is 5.56 Å². The van der Waals surface area contributed by atoms with E-state index in [2.05, 4.69) is 10.2 Å². The van der Waals surface area contributed by atoms with E-state index in [-0.39, 0.29) is 11.7 Å². The van der Waals surface area contributed by atoms with Gasteiger partial charge in [0.1, 0.15) is 0 Å². The number of amides is 1. The van der Waals surface area contributed by atoms with Crippen LogP contribution in [0.4, 0.5) is 5.69 Å². The van der Waals surface area contributed by atoms with Crippen LogP contribution in [0.25, 0.3) is 0 Å². The molecule has 0 bridgehead atoms. The molecule has 1 fully saturated rings. The van der Waals surface area contributed by atoms with E-state index in [0.717, 1.165) is 12.8 Å². The van der Waals surface area contributed by atoms with Gasteiger partial charge in [0.2, 0.25) is 5.91 Å². The second-order valence-corrected chi connectivity index (χ2v) is 5.64. The Morgan fingerprint density at radius 3 is 2.85 bits per heavy atom. The smallest absolute Gasteiger partial charge is 0.344 e. The van der Waals surface area contributed by atoms with Crippen molar-refractivity contribution in [2.24, 2.45) is 5.73 Å². The van der Waals surface area contributed by atoms with Crippen LogP contribution in [0.15, 0.2) is 33.0 Å². The van der Waals surface area contributed by atoms with E-state index < -0.39 is 5.91 Å². The summed E-state index contributed by atoms with van der Waals surface area (Å²) in [6, 6.07) is 5.04. The van der Waals surface area contributed by atoms with Crippen molar-refractivity contribution in [3.8, 4) is 0 Å². The standard InChI is InChI=1S/C12H13N5O2S/c13-6-1-4-8(10(14)18)9(5-6)20-12-16-15-11(19)17(12)7-2-3-7/h1,4-5,7H,2-3,13H2,(H2,14,18)(H,15,19). The van der Waals surface area contributed by atoms with Crippen LogP contribution in [-0.4, -0.2) is 20.7 Å². The molecule has 0 aliphatic heterocycles. The third-order valence-corrected chi connectivity index (χ3v) is 4.08. The number of aromatic nitrogens is 3. The minimum atomic E-state index is -0.539. The van der Waals surface area contributed by atoms with Crippen molar-refractivity contribution in [1.29, 1.82) is 0 Å². The van der Waals surface area contributed by atoms with Crippen molar-refractivity contribution in [1.82, 2.24) is 14.8 Å². The number of anilines is 1. The lowest BCUT2D eigenvalue weighted by Gasteiger charge is -2.07. The first kappa shape index (κ1) is 12.8. The van der Waals surface area contributed by atoms with Gasteiger partial charge in [-0.1, -0.05) is 0 Å². The molecular weight excluding hydrogens is 278 g/mol. The normalized spacial score (nSPS) is 14.4. The zero-order chi connectivity index (χ0) is 14.3. The van der Waals surface area contributed by atoms with E-state index in [0.29, 0.717) is 21.3 Å². The fourth-order valence-electron chi connectivity index (χ4n) is 1.94. The molecule has 104 valence electrons. The van der Waals surface area contributed by atoms with Gasteiger partial charge in [0.25, 0.3) is 0 Å². The van der Waals surface area contributed by atoms with E-state index in [1.54, 1.807) is 22.8 Å². The second kappa shape index (κ2) is 4.71. The van der Waals surface area contributed by atoms with Crippen molar-refractivity contribution in [2.75, 3.05) is 5.73 Å². The second-order valence-electron chi connectivity index (χ2n) is 4.63. The van der Waals surface area contributed by atoms with Gasteiger partial charge in [0.15, 0.2) is 5.16 Å². The van der Waals surface area contributed by atoms with E-state index >= 15 is 0 Å². The lowest BCUT2D eigenvalue weighted by Crippen LogP contribution is -2.16. The molecule has 2 aromatic rings. The molecule has 20 heavy (non-hydrogen) atoms. The molecular formula is C12H13N5O2S. The molecule has 1 aliphatic rings. The van der Waals surface area contributed by atoms with Crippen molar-refractivity contribution < 1.29 is 4.79 Å². The molecule has 1 aromatic carbocycles. The Labute approximate surface area is 118 Å². The molecule has 1 heterocycles. The van der Waals surface area contributed by atoms with Gasteiger partial charge in [-0.3, -0.25) is 9.36 Å². The lowest BCUT2D eigenvalue weighted by molar-refractivity contribution is 0.0997. The van der Waals surface area contributed by atoms with Crippen LogP contribution in [0, 0.1) is 0 Å². The topological polar surface area (TPSA) is 120 Å². The van der Waals surface area contributed by atoms with E-state index in [1.165, 1.54) is 11.8 Å². The van der Waals surface area contributed by atoms with Gasteiger partial charge in [-0.15, -0.1) is 5.10 Å².